The Bertz CT molecular complexity index is 433. The Morgan fingerprint density at radius 3 is 2.89 bits per heavy atom. The predicted octanol–water partition coefficient (Wildman–Crippen LogP) is 1.11. The van der Waals surface area contributed by atoms with Gasteiger partial charge in [0.1, 0.15) is 0 Å². The van der Waals surface area contributed by atoms with Crippen molar-refractivity contribution in [2.75, 3.05) is 13.1 Å². The van der Waals surface area contributed by atoms with Crippen LogP contribution in [0.5, 0.6) is 0 Å². The van der Waals surface area contributed by atoms with E-state index >= 15 is 0 Å². The zero-order chi connectivity index (χ0) is 11.8. The SMILES string of the molecule is Cc1[nH]ncc1C(=O)N1CCC2CCC(C1)N2.Cl. The summed E-state index contributed by atoms with van der Waals surface area (Å²) in [5.74, 6) is 0.116. The monoisotopic (exact) mass is 270 g/mol. The number of amides is 1. The van der Waals surface area contributed by atoms with Crippen LogP contribution in [0.2, 0.25) is 0 Å². The Balaban J connectivity index is 0.00000120. The lowest BCUT2D eigenvalue weighted by Crippen LogP contribution is -2.39. The van der Waals surface area contributed by atoms with Gasteiger partial charge in [-0.15, -0.1) is 12.4 Å². The number of nitrogens with one attached hydrogen (secondary N) is 2. The van der Waals surface area contributed by atoms with Crippen LogP contribution < -0.4 is 5.32 Å². The van der Waals surface area contributed by atoms with E-state index in [1.54, 1.807) is 6.20 Å². The molecule has 6 heteroatoms. The maximum absolute atomic E-state index is 12.3. The van der Waals surface area contributed by atoms with E-state index in [-0.39, 0.29) is 18.3 Å². The van der Waals surface area contributed by atoms with Crippen molar-refractivity contribution in [3.63, 3.8) is 0 Å². The Morgan fingerprint density at radius 2 is 2.17 bits per heavy atom. The van der Waals surface area contributed by atoms with Crippen LogP contribution >= 0.6 is 12.4 Å². The Morgan fingerprint density at radius 1 is 1.39 bits per heavy atom. The molecule has 5 nitrogen and oxygen atoms in total. The second-order valence-electron chi connectivity index (χ2n) is 5.09. The zero-order valence-corrected chi connectivity index (χ0v) is 11.3. The van der Waals surface area contributed by atoms with Crippen molar-refractivity contribution >= 4 is 18.3 Å². The molecule has 2 saturated heterocycles. The number of hydrogen-bond donors (Lipinski definition) is 2. The zero-order valence-electron chi connectivity index (χ0n) is 10.5. The number of aromatic nitrogens is 2. The highest BCUT2D eigenvalue weighted by Crippen LogP contribution is 2.21. The highest BCUT2D eigenvalue weighted by molar-refractivity contribution is 5.95. The number of H-pyrrole nitrogens is 1. The molecule has 2 bridgehead atoms. The fraction of sp³-hybridized carbons (Fsp3) is 0.667. The van der Waals surface area contributed by atoms with Gasteiger partial charge in [-0.3, -0.25) is 9.89 Å². The van der Waals surface area contributed by atoms with E-state index in [4.69, 9.17) is 0 Å². The molecule has 2 fully saturated rings. The van der Waals surface area contributed by atoms with E-state index in [9.17, 15) is 4.79 Å². The first-order valence-electron chi connectivity index (χ1n) is 6.29. The normalized spacial score (nSPS) is 26.6. The number of hydrogen-bond acceptors (Lipinski definition) is 3. The molecule has 18 heavy (non-hydrogen) atoms. The van der Waals surface area contributed by atoms with Crippen molar-refractivity contribution < 1.29 is 4.79 Å². The lowest BCUT2D eigenvalue weighted by atomic mass is 10.1. The topological polar surface area (TPSA) is 61.0 Å². The van der Waals surface area contributed by atoms with Gasteiger partial charge < -0.3 is 10.2 Å². The van der Waals surface area contributed by atoms with Gasteiger partial charge >= 0.3 is 0 Å². The molecule has 1 amide bonds. The molecular weight excluding hydrogens is 252 g/mol. The van der Waals surface area contributed by atoms with Crippen molar-refractivity contribution in [2.24, 2.45) is 0 Å². The van der Waals surface area contributed by atoms with Crippen molar-refractivity contribution in [3.8, 4) is 0 Å². The van der Waals surface area contributed by atoms with Gasteiger partial charge in [-0.25, -0.2) is 0 Å². The van der Waals surface area contributed by atoms with Crippen molar-refractivity contribution in [2.45, 2.75) is 38.3 Å². The number of aryl methyl sites for hydroxylation is 1. The molecule has 1 aromatic rings. The molecule has 0 aliphatic carbocycles. The summed E-state index contributed by atoms with van der Waals surface area (Å²) in [6, 6.07) is 1.10. The standard InChI is InChI=1S/C12H18N4O.ClH/c1-8-11(6-13-15-8)12(17)16-5-4-9-2-3-10(7-16)14-9;/h6,9-10,14H,2-5,7H2,1H3,(H,13,15);1H. The van der Waals surface area contributed by atoms with Gasteiger partial charge in [-0.2, -0.15) is 5.10 Å². The number of rotatable bonds is 1. The summed E-state index contributed by atoms with van der Waals surface area (Å²) in [5, 5.41) is 10.3. The van der Waals surface area contributed by atoms with Gasteiger partial charge in [0.15, 0.2) is 0 Å². The molecule has 2 N–H and O–H groups in total. The molecule has 0 radical (unpaired) electrons. The first kappa shape index (κ1) is 13.4. The van der Waals surface area contributed by atoms with E-state index in [0.29, 0.717) is 17.6 Å². The van der Waals surface area contributed by atoms with Crippen molar-refractivity contribution in [3.05, 3.63) is 17.5 Å². The van der Waals surface area contributed by atoms with Gasteiger partial charge in [0, 0.05) is 30.9 Å². The predicted molar refractivity (Wildman–Crippen MR) is 71.0 cm³/mol. The summed E-state index contributed by atoms with van der Waals surface area (Å²) in [6.07, 6.45) is 5.16. The van der Waals surface area contributed by atoms with Crippen LogP contribution in [0.3, 0.4) is 0 Å². The van der Waals surface area contributed by atoms with E-state index < -0.39 is 0 Å². The van der Waals surface area contributed by atoms with E-state index in [0.717, 1.165) is 25.2 Å². The summed E-state index contributed by atoms with van der Waals surface area (Å²) in [7, 11) is 0. The molecule has 2 aliphatic heterocycles. The van der Waals surface area contributed by atoms with Crippen LogP contribution in [0.15, 0.2) is 6.20 Å². The van der Waals surface area contributed by atoms with Gasteiger partial charge in [0.05, 0.1) is 11.8 Å². The number of fused-ring (bicyclic) bond motifs is 2. The molecule has 3 heterocycles. The highest BCUT2D eigenvalue weighted by Gasteiger charge is 2.31. The number of halogens is 1. The van der Waals surface area contributed by atoms with E-state index in [1.165, 1.54) is 12.8 Å². The fourth-order valence-electron chi connectivity index (χ4n) is 2.86. The van der Waals surface area contributed by atoms with Crippen molar-refractivity contribution in [1.29, 1.82) is 0 Å². The summed E-state index contributed by atoms with van der Waals surface area (Å²) in [6.45, 7) is 3.58. The number of carbonyl (C=O) groups excluding carboxylic acids is 1. The Labute approximate surface area is 113 Å². The molecule has 2 atom stereocenters. The van der Waals surface area contributed by atoms with Crippen LogP contribution in [-0.4, -0.2) is 46.2 Å². The molecule has 100 valence electrons. The Kier molecular flexibility index (Phi) is 3.92. The second kappa shape index (κ2) is 5.28. The minimum absolute atomic E-state index is 0. The van der Waals surface area contributed by atoms with Crippen LogP contribution in [0, 0.1) is 6.92 Å². The molecule has 0 spiro atoms. The first-order valence-corrected chi connectivity index (χ1v) is 6.29. The maximum Gasteiger partial charge on any atom is 0.257 e. The third-order valence-corrected chi connectivity index (χ3v) is 3.87. The molecule has 1 aromatic heterocycles. The average molecular weight is 271 g/mol. The second-order valence-corrected chi connectivity index (χ2v) is 5.09. The number of carbonyl (C=O) groups is 1. The van der Waals surface area contributed by atoms with Gasteiger partial charge in [0.25, 0.3) is 5.91 Å². The lowest BCUT2D eigenvalue weighted by Gasteiger charge is -2.24. The molecule has 2 unspecified atom stereocenters. The molecule has 3 rings (SSSR count). The van der Waals surface area contributed by atoms with Gasteiger partial charge in [-0.1, -0.05) is 0 Å². The highest BCUT2D eigenvalue weighted by atomic mass is 35.5. The third kappa shape index (κ3) is 2.37. The van der Waals surface area contributed by atoms with E-state index in [1.807, 2.05) is 11.8 Å². The Hall–Kier alpha value is -1.07. The summed E-state index contributed by atoms with van der Waals surface area (Å²) >= 11 is 0. The molecule has 0 saturated carbocycles. The number of likely N-dealkylation sites (tertiary alicyclic amines) is 1. The van der Waals surface area contributed by atoms with Gasteiger partial charge in [-0.05, 0) is 26.2 Å². The quantitative estimate of drug-likeness (QED) is 0.804. The minimum Gasteiger partial charge on any atom is -0.337 e. The fourth-order valence-corrected chi connectivity index (χ4v) is 2.86. The van der Waals surface area contributed by atoms with Crippen LogP contribution in [-0.2, 0) is 0 Å². The minimum atomic E-state index is 0. The average Bonchev–Trinajstić information content (AvgIpc) is 2.84. The van der Waals surface area contributed by atoms with Crippen LogP contribution in [0.25, 0.3) is 0 Å². The van der Waals surface area contributed by atoms with E-state index in [2.05, 4.69) is 15.5 Å². The van der Waals surface area contributed by atoms with Gasteiger partial charge in [0.2, 0.25) is 0 Å². The number of aromatic amines is 1. The molecule has 2 aliphatic rings. The number of nitrogens with zero attached hydrogens (tertiary/aromatic N) is 2. The molecule has 0 aromatic carbocycles. The summed E-state index contributed by atoms with van der Waals surface area (Å²) < 4.78 is 0. The smallest absolute Gasteiger partial charge is 0.257 e. The lowest BCUT2D eigenvalue weighted by molar-refractivity contribution is 0.0747. The molecular formula is C12H19ClN4O. The summed E-state index contributed by atoms with van der Waals surface area (Å²) in [5.41, 5.74) is 1.57. The van der Waals surface area contributed by atoms with Crippen molar-refractivity contribution in [1.82, 2.24) is 20.4 Å². The maximum atomic E-state index is 12.3. The van der Waals surface area contributed by atoms with Crippen LogP contribution in [0.1, 0.15) is 35.3 Å². The van der Waals surface area contributed by atoms with Crippen LogP contribution in [0.4, 0.5) is 0 Å². The summed E-state index contributed by atoms with van der Waals surface area (Å²) in [4.78, 5) is 14.3. The largest absolute Gasteiger partial charge is 0.337 e. The first-order chi connectivity index (χ1) is 8.24. The third-order valence-electron chi connectivity index (χ3n) is 3.87.